The van der Waals surface area contributed by atoms with Gasteiger partial charge >= 0.3 is 0 Å². The summed E-state index contributed by atoms with van der Waals surface area (Å²) in [5, 5.41) is 14.8. The molecule has 1 atom stereocenters. The molecule has 4 nitrogen and oxygen atoms in total. The Hall–Kier alpha value is -2.46. The maximum Gasteiger partial charge on any atom is 0.161 e. The van der Waals surface area contributed by atoms with Crippen LogP contribution in [-0.2, 0) is 13.0 Å². The van der Waals surface area contributed by atoms with E-state index >= 15 is 0 Å². The number of ether oxygens (including phenoxy) is 2. The van der Waals surface area contributed by atoms with E-state index in [4.69, 9.17) is 9.47 Å². The number of piperidine rings is 1. The molecule has 2 aliphatic heterocycles. The minimum absolute atomic E-state index is 0.296. The second kappa shape index (κ2) is 10.2. The van der Waals surface area contributed by atoms with E-state index in [9.17, 15) is 5.11 Å². The van der Waals surface area contributed by atoms with E-state index in [0.717, 1.165) is 35.2 Å². The predicted octanol–water partition coefficient (Wildman–Crippen LogP) is 6.68. The zero-order valence-corrected chi connectivity index (χ0v) is 19.9. The fourth-order valence-corrected chi connectivity index (χ4v) is 5.05. The van der Waals surface area contributed by atoms with Crippen molar-refractivity contribution in [1.82, 2.24) is 4.90 Å². The number of phenolic OH excluding ortho intramolecular Hbond substituents is 1. The van der Waals surface area contributed by atoms with Gasteiger partial charge in [-0.15, -0.1) is 0 Å². The fraction of sp³-hybridized carbons (Fsp3) is 0.481. The molecular weight excluding hydrogens is 386 g/mol. The molecule has 0 aliphatic carbocycles. The van der Waals surface area contributed by atoms with E-state index in [0.29, 0.717) is 11.8 Å². The van der Waals surface area contributed by atoms with Crippen molar-refractivity contribution in [3.63, 3.8) is 0 Å². The monoisotopic (exact) mass is 423 g/mol. The number of fused-ring (bicyclic) bond motifs is 7. The largest absolute Gasteiger partial charge is 0.508 e. The average molecular weight is 424 g/mol. The van der Waals surface area contributed by atoms with E-state index < -0.39 is 0 Å². The van der Waals surface area contributed by atoms with E-state index in [-0.39, 0.29) is 0 Å². The summed E-state index contributed by atoms with van der Waals surface area (Å²) in [5.74, 6) is 1.78. The Morgan fingerprint density at radius 1 is 0.806 bits per heavy atom. The van der Waals surface area contributed by atoms with Crippen LogP contribution in [-0.4, -0.2) is 36.8 Å². The minimum Gasteiger partial charge on any atom is -0.508 e. The first-order valence-electron chi connectivity index (χ1n) is 11.8. The van der Waals surface area contributed by atoms with E-state index in [2.05, 4.69) is 23.1 Å². The van der Waals surface area contributed by atoms with Crippen LogP contribution in [0, 0.1) is 0 Å². The molecule has 0 saturated carbocycles. The lowest BCUT2D eigenvalue weighted by Crippen LogP contribution is -2.43. The maximum absolute atomic E-state index is 10.1. The van der Waals surface area contributed by atoms with Crippen LogP contribution in [0.2, 0.25) is 0 Å². The van der Waals surface area contributed by atoms with Crippen molar-refractivity contribution in [2.75, 3.05) is 20.8 Å². The van der Waals surface area contributed by atoms with Crippen LogP contribution in [0.15, 0.2) is 30.3 Å². The molecule has 31 heavy (non-hydrogen) atoms. The number of nitrogens with zero attached hydrogens (tertiary/aromatic N) is 1. The molecule has 0 spiro atoms. The highest BCUT2D eigenvalue weighted by Gasteiger charge is 2.31. The molecule has 0 radical (unpaired) electrons. The van der Waals surface area contributed by atoms with Crippen LogP contribution < -0.4 is 9.47 Å². The summed E-state index contributed by atoms with van der Waals surface area (Å²) in [4.78, 5) is 2.64. The van der Waals surface area contributed by atoms with Gasteiger partial charge in [-0.1, -0.05) is 40.2 Å². The van der Waals surface area contributed by atoms with Gasteiger partial charge in [-0.05, 0) is 82.7 Å². The second-order valence-corrected chi connectivity index (χ2v) is 7.76. The second-order valence-electron chi connectivity index (χ2n) is 7.76. The van der Waals surface area contributed by atoms with Gasteiger partial charge in [0.05, 0.1) is 14.2 Å². The topological polar surface area (TPSA) is 41.9 Å². The first kappa shape index (κ1) is 23.2. The summed E-state index contributed by atoms with van der Waals surface area (Å²) >= 11 is 0. The van der Waals surface area contributed by atoms with E-state index in [1.165, 1.54) is 47.7 Å². The summed E-state index contributed by atoms with van der Waals surface area (Å²) in [6.07, 6.45) is 4.98. The van der Waals surface area contributed by atoms with Crippen molar-refractivity contribution < 1.29 is 14.6 Å². The SMILES string of the molecule is CC.CC.COc1cc2c3c(c4ccc(O)cc4c2cc1OC)CN1CCCCC1C3. The van der Waals surface area contributed by atoms with E-state index in [1.54, 1.807) is 20.3 Å². The number of aromatic hydroxyl groups is 1. The molecule has 3 aromatic rings. The van der Waals surface area contributed by atoms with Crippen LogP contribution in [0.1, 0.15) is 58.1 Å². The van der Waals surface area contributed by atoms with Crippen LogP contribution in [0.4, 0.5) is 0 Å². The zero-order chi connectivity index (χ0) is 22.5. The highest BCUT2D eigenvalue weighted by atomic mass is 16.5. The first-order chi connectivity index (χ1) is 15.2. The molecule has 4 heteroatoms. The maximum atomic E-state index is 10.1. The molecule has 1 saturated heterocycles. The number of rotatable bonds is 2. The van der Waals surface area contributed by atoms with Crippen molar-refractivity contribution in [1.29, 1.82) is 0 Å². The quantitative estimate of drug-likeness (QED) is 0.467. The van der Waals surface area contributed by atoms with Gasteiger partial charge in [-0.2, -0.15) is 0 Å². The van der Waals surface area contributed by atoms with Crippen molar-refractivity contribution in [3.05, 3.63) is 41.5 Å². The number of hydrogen-bond acceptors (Lipinski definition) is 4. The summed E-state index contributed by atoms with van der Waals surface area (Å²) in [7, 11) is 3.35. The highest BCUT2D eigenvalue weighted by Crippen LogP contribution is 2.43. The number of methoxy groups -OCH3 is 2. The Bertz CT molecular complexity index is 1040. The normalized spacial score (nSPS) is 17.5. The number of hydrogen-bond donors (Lipinski definition) is 1. The number of benzene rings is 3. The standard InChI is InChI=1S/C23H25NO3.2C2H6/c1-26-22-11-19-17-9-14-5-3-4-8-24(14)13-21(17)16-7-6-15(25)10-18(16)20(19)12-23(22)27-2;2*1-2/h6-7,10-12,14,25H,3-5,8-9,13H2,1-2H3;2*1-2H3. The molecule has 0 amide bonds. The third-order valence-electron chi connectivity index (χ3n) is 6.38. The van der Waals surface area contributed by atoms with Crippen LogP contribution in [0.3, 0.4) is 0 Å². The molecule has 0 aromatic heterocycles. The molecule has 0 bridgehead atoms. The van der Waals surface area contributed by atoms with Gasteiger partial charge < -0.3 is 14.6 Å². The Morgan fingerprint density at radius 3 is 2.13 bits per heavy atom. The lowest BCUT2D eigenvalue weighted by Gasteiger charge is -2.41. The molecule has 1 unspecified atom stereocenters. The molecule has 2 heterocycles. The summed E-state index contributed by atoms with van der Waals surface area (Å²) in [6, 6.07) is 10.6. The molecule has 3 aromatic carbocycles. The first-order valence-corrected chi connectivity index (χ1v) is 11.8. The van der Waals surface area contributed by atoms with Gasteiger partial charge in [0, 0.05) is 12.6 Å². The van der Waals surface area contributed by atoms with Gasteiger partial charge in [0.15, 0.2) is 11.5 Å². The smallest absolute Gasteiger partial charge is 0.161 e. The van der Waals surface area contributed by atoms with Gasteiger partial charge in [-0.25, -0.2) is 0 Å². The lowest BCUT2D eigenvalue weighted by molar-refractivity contribution is 0.128. The minimum atomic E-state index is 0.296. The Balaban J connectivity index is 0.000000645. The summed E-state index contributed by atoms with van der Waals surface area (Å²) in [5.41, 5.74) is 2.84. The molecule has 1 fully saturated rings. The van der Waals surface area contributed by atoms with Gasteiger partial charge in [0.1, 0.15) is 5.75 Å². The molecular formula is C27H37NO3. The Kier molecular flexibility index (Phi) is 7.66. The van der Waals surface area contributed by atoms with Crippen molar-refractivity contribution in [2.24, 2.45) is 0 Å². The number of phenols is 1. The van der Waals surface area contributed by atoms with Crippen LogP contribution >= 0.6 is 0 Å². The molecule has 1 N–H and O–H groups in total. The van der Waals surface area contributed by atoms with Gasteiger partial charge in [0.25, 0.3) is 0 Å². The molecule has 2 aliphatic rings. The Labute approximate surface area is 186 Å². The van der Waals surface area contributed by atoms with Gasteiger partial charge in [-0.3, -0.25) is 4.90 Å². The molecule has 5 rings (SSSR count). The van der Waals surface area contributed by atoms with Crippen molar-refractivity contribution in [3.8, 4) is 17.2 Å². The summed E-state index contributed by atoms with van der Waals surface area (Å²) < 4.78 is 11.2. The average Bonchev–Trinajstić information content (AvgIpc) is 2.84. The van der Waals surface area contributed by atoms with Crippen LogP contribution in [0.5, 0.6) is 17.2 Å². The van der Waals surface area contributed by atoms with Crippen LogP contribution in [0.25, 0.3) is 21.5 Å². The zero-order valence-electron chi connectivity index (χ0n) is 19.9. The third kappa shape index (κ3) is 4.18. The fourth-order valence-electron chi connectivity index (χ4n) is 5.05. The summed E-state index contributed by atoms with van der Waals surface area (Å²) in [6.45, 7) is 10.2. The third-order valence-corrected chi connectivity index (χ3v) is 6.38. The van der Waals surface area contributed by atoms with Crippen molar-refractivity contribution >= 4 is 21.5 Å². The van der Waals surface area contributed by atoms with Crippen molar-refractivity contribution in [2.45, 2.75) is 66.0 Å². The lowest BCUT2D eigenvalue weighted by atomic mass is 9.82. The predicted molar refractivity (Wildman–Crippen MR) is 131 cm³/mol. The highest BCUT2D eigenvalue weighted by molar-refractivity contribution is 6.12. The van der Waals surface area contributed by atoms with Gasteiger partial charge in [0.2, 0.25) is 0 Å². The van der Waals surface area contributed by atoms with E-state index in [1.807, 2.05) is 33.8 Å². The Morgan fingerprint density at radius 2 is 1.45 bits per heavy atom. The molecule has 168 valence electrons.